The van der Waals surface area contributed by atoms with Gasteiger partial charge in [-0.15, -0.1) is 0 Å². The molecule has 0 aliphatic heterocycles. The van der Waals surface area contributed by atoms with Crippen LogP contribution < -0.4 is 14.8 Å². The minimum absolute atomic E-state index is 0.0822. The molecule has 2 aromatic carbocycles. The van der Waals surface area contributed by atoms with Crippen LogP contribution in [0.15, 0.2) is 73.2 Å². The Balaban J connectivity index is 1.45. The zero-order chi connectivity index (χ0) is 23.4. The largest absolute Gasteiger partial charge is 0.487 e. The summed E-state index contributed by atoms with van der Waals surface area (Å²) in [6.45, 7) is 7.81. The number of benzene rings is 2. The van der Waals surface area contributed by atoms with Gasteiger partial charge in [0.1, 0.15) is 24.3 Å². The van der Waals surface area contributed by atoms with Crippen molar-refractivity contribution in [3.63, 3.8) is 0 Å². The normalized spacial score (nSPS) is 13.0. The topological polar surface area (TPSA) is 78.3 Å². The summed E-state index contributed by atoms with van der Waals surface area (Å²) in [7, 11) is 0. The van der Waals surface area contributed by atoms with Crippen molar-refractivity contribution in [2.24, 2.45) is 0 Å². The van der Waals surface area contributed by atoms with Crippen molar-refractivity contribution in [2.75, 3.05) is 0 Å². The molecule has 0 fully saturated rings. The Hall–Kier alpha value is -3.87. The van der Waals surface area contributed by atoms with Gasteiger partial charge in [0.2, 0.25) is 5.88 Å². The Morgan fingerprint density at radius 2 is 1.67 bits per heavy atom. The molecule has 0 radical (unpaired) electrons. The zero-order valence-corrected chi connectivity index (χ0v) is 19.2. The number of carbonyl (C=O) groups is 1. The van der Waals surface area contributed by atoms with E-state index in [1.165, 1.54) is 0 Å². The van der Waals surface area contributed by atoms with Crippen LogP contribution in [0.3, 0.4) is 0 Å². The number of fused-ring (bicyclic) bond motifs is 1. The van der Waals surface area contributed by atoms with Crippen molar-refractivity contribution in [1.29, 1.82) is 0 Å². The van der Waals surface area contributed by atoms with Crippen LogP contribution in [0.2, 0.25) is 0 Å². The quantitative estimate of drug-likeness (QED) is 0.423. The summed E-state index contributed by atoms with van der Waals surface area (Å²) in [6, 6.07) is 19.0. The molecule has 2 heterocycles. The van der Waals surface area contributed by atoms with Crippen molar-refractivity contribution in [3.05, 3.63) is 78.8 Å². The SMILES string of the molecule is CC(C)NC(=O)c1ccc2c(c1)ncn2-c1ccc(OC(C)C(C)Oc2ccccn2)cc1. The van der Waals surface area contributed by atoms with E-state index < -0.39 is 0 Å². The van der Waals surface area contributed by atoms with E-state index in [2.05, 4.69) is 15.3 Å². The van der Waals surface area contributed by atoms with Crippen molar-refractivity contribution in [3.8, 4) is 17.3 Å². The van der Waals surface area contributed by atoms with Crippen LogP contribution >= 0.6 is 0 Å². The molecule has 2 atom stereocenters. The molecule has 1 N–H and O–H groups in total. The number of carbonyl (C=O) groups excluding carboxylic acids is 1. The third-order valence-corrected chi connectivity index (χ3v) is 5.27. The molecule has 4 aromatic rings. The summed E-state index contributed by atoms with van der Waals surface area (Å²) in [4.78, 5) is 21.0. The summed E-state index contributed by atoms with van der Waals surface area (Å²) < 4.78 is 13.9. The van der Waals surface area contributed by atoms with Crippen LogP contribution in [-0.4, -0.2) is 38.7 Å². The van der Waals surface area contributed by atoms with Crippen LogP contribution in [0.25, 0.3) is 16.7 Å². The second kappa shape index (κ2) is 9.73. The molecular formula is C26H28N4O3. The predicted molar refractivity (Wildman–Crippen MR) is 128 cm³/mol. The lowest BCUT2D eigenvalue weighted by molar-refractivity contribution is 0.0746. The molecule has 7 nitrogen and oxygen atoms in total. The van der Waals surface area contributed by atoms with Crippen molar-refractivity contribution in [1.82, 2.24) is 19.9 Å². The number of pyridine rings is 1. The molecule has 0 aliphatic rings. The minimum atomic E-state index is -0.167. The number of ether oxygens (including phenoxy) is 2. The molecular weight excluding hydrogens is 416 g/mol. The van der Waals surface area contributed by atoms with E-state index in [1.807, 2.05) is 92.9 Å². The molecule has 2 unspecified atom stereocenters. The van der Waals surface area contributed by atoms with E-state index in [4.69, 9.17) is 9.47 Å². The zero-order valence-electron chi connectivity index (χ0n) is 19.2. The van der Waals surface area contributed by atoms with Gasteiger partial charge in [-0.25, -0.2) is 9.97 Å². The maximum atomic E-state index is 12.3. The molecule has 1 amide bonds. The molecule has 33 heavy (non-hydrogen) atoms. The highest BCUT2D eigenvalue weighted by atomic mass is 16.5. The van der Waals surface area contributed by atoms with Gasteiger partial charge in [0.25, 0.3) is 5.91 Å². The van der Waals surface area contributed by atoms with E-state index in [0.717, 1.165) is 22.5 Å². The first-order chi connectivity index (χ1) is 15.9. The highest BCUT2D eigenvalue weighted by Crippen LogP contribution is 2.23. The molecule has 4 rings (SSSR count). The first-order valence-corrected chi connectivity index (χ1v) is 11.0. The van der Waals surface area contributed by atoms with Crippen LogP contribution in [-0.2, 0) is 0 Å². The Kier molecular flexibility index (Phi) is 6.58. The lowest BCUT2D eigenvalue weighted by Gasteiger charge is -2.22. The van der Waals surface area contributed by atoms with Crippen LogP contribution in [0.5, 0.6) is 11.6 Å². The standard InChI is InChI=1S/C26H28N4O3/c1-17(2)29-26(31)20-8-13-24-23(15-20)28-16-30(24)21-9-11-22(12-10-21)32-18(3)19(4)33-25-7-5-6-14-27-25/h5-19H,1-4H3,(H,29,31). The Morgan fingerprint density at radius 3 is 2.36 bits per heavy atom. The molecule has 0 aliphatic carbocycles. The maximum Gasteiger partial charge on any atom is 0.251 e. The average Bonchev–Trinajstić information content (AvgIpc) is 3.23. The number of nitrogens with zero attached hydrogens (tertiary/aromatic N) is 3. The Labute approximate surface area is 193 Å². The van der Waals surface area contributed by atoms with Gasteiger partial charge in [-0.3, -0.25) is 9.36 Å². The molecule has 2 aromatic heterocycles. The number of amides is 1. The van der Waals surface area contributed by atoms with Gasteiger partial charge >= 0.3 is 0 Å². The first-order valence-electron chi connectivity index (χ1n) is 11.0. The maximum absolute atomic E-state index is 12.3. The van der Waals surface area contributed by atoms with E-state index in [0.29, 0.717) is 11.4 Å². The van der Waals surface area contributed by atoms with Crippen LogP contribution in [0.4, 0.5) is 0 Å². The van der Waals surface area contributed by atoms with E-state index in [-0.39, 0.29) is 24.2 Å². The van der Waals surface area contributed by atoms with Crippen molar-refractivity contribution < 1.29 is 14.3 Å². The van der Waals surface area contributed by atoms with Crippen LogP contribution in [0.1, 0.15) is 38.1 Å². The van der Waals surface area contributed by atoms with Gasteiger partial charge in [-0.2, -0.15) is 0 Å². The summed E-state index contributed by atoms with van der Waals surface area (Å²) in [6.07, 6.45) is 3.13. The fraction of sp³-hybridized carbons (Fsp3) is 0.269. The fourth-order valence-electron chi connectivity index (χ4n) is 3.40. The first kappa shape index (κ1) is 22.3. The van der Waals surface area contributed by atoms with Gasteiger partial charge in [0, 0.05) is 29.6 Å². The number of hydrogen-bond acceptors (Lipinski definition) is 5. The van der Waals surface area contributed by atoms with Gasteiger partial charge < -0.3 is 14.8 Å². The van der Waals surface area contributed by atoms with Crippen molar-refractivity contribution in [2.45, 2.75) is 45.9 Å². The van der Waals surface area contributed by atoms with Crippen LogP contribution in [0, 0.1) is 0 Å². The lowest BCUT2D eigenvalue weighted by Crippen LogP contribution is -2.31. The number of aromatic nitrogens is 3. The van der Waals surface area contributed by atoms with Gasteiger partial charge in [0.15, 0.2) is 0 Å². The number of hydrogen-bond donors (Lipinski definition) is 1. The lowest BCUT2D eigenvalue weighted by atomic mass is 10.1. The molecule has 170 valence electrons. The molecule has 0 saturated carbocycles. The second-order valence-corrected chi connectivity index (χ2v) is 8.25. The predicted octanol–water partition coefficient (Wildman–Crippen LogP) is 4.79. The summed E-state index contributed by atoms with van der Waals surface area (Å²) in [5.41, 5.74) is 3.24. The summed E-state index contributed by atoms with van der Waals surface area (Å²) in [5, 5.41) is 2.91. The average molecular weight is 445 g/mol. The van der Waals surface area contributed by atoms with Gasteiger partial charge in [-0.05, 0) is 76.2 Å². The highest BCUT2D eigenvalue weighted by molar-refractivity contribution is 5.97. The summed E-state index contributed by atoms with van der Waals surface area (Å²) in [5.74, 6) is 1.23. The third kappa shape index (κ3) is 5.31. The monoisotopic (exact) mass is 444 g/mol. The number of imidazole rings is 1. The smallest absolute Gasteiger partial charge is 0.251 e. The van der Waals surface area contributed by atoms with E-state index >= 15 is 0 Å². The Bertz CT molecular complexity index is 1220. The second-order valence-electron chi connectivity index (χ2n) is 8.25. The summed E-state index contributed by atoms with van der Waals surface area (Å²) >= 11 is 0. The Morgan fingerprint density at radius 1 is 0.909 bits per heavy atom. The van der Waals surface area contributed by atoms with Gasteiger partial charge in [-0.1, -0.05) is 6.07 Å². The van der Waals surface area contributed by atoms with E-state index in [1.54, 1.807) is 12.5 Å². The molecule has 0 spiro atoms. The van der Waals surface area contributed by atoms with Gasteiger partial charge in [0.05, 0.1) is 11.0 Å². The molecule has 0 saturated heterocycles. The van der Waals surface area contributed by atoms with Crippen molar-refractivity contribution >= 4 is 16.9 Å². The fourth-order valence-corrected chi connectivity index (χ4v) is 3.40. The highest BCUT2D eigenvalue weighted by Gasteiger charge is 2.16. The molecule has 7 heteroatoms. The third-order valence-electron chi connectivity index (χ3n) is 5.27. The minimum Gasteiger partial charge on any atom is -0.487 e. The number of rotatable bonds is 8. The number of nitrogens with one attached hydrogen (secondary N) is 1. The van der Waals surface area contributed by atoms with E-state index in [9.17, 15) is 4.79 Å². The molecule has 0 bridgehead atoms.